The number of anilines is 1. The molecule has 0 saturated heterocycles. The van der Waals surface area contributed by atoms with Gasteiger partial charge in [-0.1, -0.05) is 0 Å². The fourth-order valence-electron chi connectivity index (χ4n) is 1.96. The number of hydrogen-bond donors (Lipinski definition) is 2. The number of hydrogen-bond acceptors (Lipinski definition) is 6. The molecule has 0 radical (unpaired) electrons. The summed E-state index contributed by atoms with van der Waals surface area (Å²) in [6.45, 7) is -0.516. The van der Waals surface area contributed by atoms with Gasteiger partial charge in [-0.25, -0.2) is 9.18 Å². The number of imide groups is 1. The van der Waals surface area contributed by atoms with Gasteiger partial charge >= 0.3 is 5.97 Å². The highest BCUT2D eigenvalue weighted by atomic mass is 19.1. The molecule has 1 aromatic carbocycles. The Labute approximate surface area is 125 Å². The second kappa shape index (κ2) is 6.35. The van der Waals surface area contributed by atoms with E-state index in [1.54, 1.807) is 0 Å². The summed E-state index contributed by atoms with van der Waals surface area (Å²) < 4.78 is 17.9. The van der Waals surface area contributed by atoms with E-state index in [1.807, 2.05) is 0 Å². The van der Waals surface area contributed by atoms with E-state index < -0.39 is 23.6 Å². The normalized spacial score (nSPS) is 14.1. The minimum atomic E-state index is -0.716. The number of carbonyl (C=O) groups excluding carboxylic acids is 3. The Hall–Kier alpha value is -2.74. The molecule has 2 N–H and O–H groups in total. The van der Waals surface area contributed by atoms with Crippen molar-refractivity contribution in [3.8, 4) is 0 Å². The number of ether oxygens (including phenoxy) is 1. The molecule has 1 aliphatic rings. The molecule has 116 valence electrons. The van der Waals surface area contributed by atoms with Crippen molar-refractivity contribution in [2.24, 2.45) is 0 Å². The predicted octanol–water partition coefficient (Wildman–Crippen LogP) is 0.269. The van der Waals surface area contributed by atoms with Crippen LogP contribution in [0.5, 0.6) is 0 Å². The summed E-state index contributed by atoms with van der Waals surface area (Å²) in [5, 5.41) is 11.4. The third-order valence-electron chi connectivity index (χ3n) is 2.99. The molecule has 0 bridgehead atoms. The number of esters is 1. The van der Waals surface area contributed by atoms with E-state index in [4.69, 9.17) is 5.11 Å². The summed E-state index contributed by atoms with van der Waals surface area (Å²) in [6.07, 6.45) is 1.02. The van der Waals surface area contributed by atoms with Gasteiger partial charge in [0.25, 0.3) is 11.8 Å². The molecule has 7 nitrogen and oxygen atoms in total. The Morgan fingerprint density at radius 3 is 2.77 bits per heavy atom. The Balaban J connectivity index is 2.30. The maximum atomic E-state index is 13.4. The number of methoxy groups -OCH3 is 1. The highest BCUT2D eigenvalue weighted by molar-refractivity contribution is 6.17. The van der Waals surface area contributed by atoms with Gasteiger partial charge in [-0.15, -0.1) is 0 Å². The number of aliphatic hydroxyl groups excluding tert-OH is 1. The monoisotopic (exact) mass is 308 g/mol. The third kappa shape index (κ3) is 2.96. The smallest absolute Gasteiger partial charge is 0.339 e. The third-order valence-corrected chi connectivity index (χ3v) is 2.99. The lowest BCUT2D eigenvalue weighted by atomic mass is 10.1. The minimum Gasteiger partial charge on any atom is -0.465 e. The number of halogens is 1. The number of rotatable bonds is 5. The van der Waals surface area contributed by atoms with Gasteiger partial charge in [-0.05, 0) is 18.2 Å². The van der Waals surface area contributed by atoms with Crippen molar-refractivity contribution >= 4 is 23.5 Å². The number of nitrogens with zero attached hydrogens (tertiary/aromatic N) is 1. The first-order valence-corrected chi connectivity index (χ1v) is 6.31. The first-order valence-electron chi connectivity index (χ1n) is 6.31. The molecule has 22 heavy (non-hydrogen) atoms. The summed E-state index contributed by atoms with van der Waals surface area (Å²) in [4.78, 5) is 36.1. The molecule has 0 fully saturated rings. The zero-order chi connectivity index (χ0) is 16.3. The lowest BCUT2D eigenvalue weighted by molar-refractivity contribution is -0.137. The molecule has 1 aromatic rings. The molecule has 2 rings (SSSR count). The number of amides is 2. The SMILES string of the molecule is COC(=O)c1ccc(F)cc1NC1=CC(=O)N(CCO)C1=O. The number of β-amino-alcohol motifs (C(OH)–C–C–N with tert-alkyl or cyclic N) is 1. The maximum absolute atomic E-state index is 13.4. The Bertz CT molecular complexity index is 671. The van der Waals surface area contributed by atoms with Gasteiger partial charge in [-0.2, -0.15) is 0 Å². The van der Waals surface area contributed by atoms with Crippen molar-refractivity contribution < 1.29 is 28.6 Å². The van der Waals surface area contributed by atoms with Crippen LogP contribution in [0.1, 0.15) is 10.4 Å². The maximum Gasteiger partial charge on any atom is 0.339 e. The molecular weight excluding hydrogens is 295 g/mol. The van der Waals surface area contributed by atoms with Gasteiger partial charge in [0.2, 0.25) is 0 Å². The summed E-state index contributed by atoms with van der Waals surface area (Å²) in [5.41, 5.74) is -0.0926. The summed E-state index contributed by atoms with van der Waals surface area (Å²) in [5.74, 6) is -2.61. The average molecular weight is 308 g/mol. The Morgan fingerprint density at radius 1 is 1.41 bits per heavy atom. The Morgan fingerprint density at radius 2 is 2.14 bits per heavy atom. The molecule has 1 heterocycles. The van der Waals surface area contributed by atoms with Crippen LogP contribution in [0.2, 0.25) is 0 Å². The fourth-order valence-corrected chi connectivity index (χ4v) is 1.96. The predicted molar refractivity (Wildman–Crippen MR) is 73.3 cm³/mol. The topological polar surface area (TPSA) is 95.9 Å². The molecular formula is C14H13FN2O5. The lowest BCUT2D eigenvalue weighted by Crippen LogP contribution is -2.34. The summed E-state index contributed by atoms with van der Waals surface area (Å²) >= 11 is 0. The van der Waals surface area contributed by atoms with Crippen LogP contribution in [0.3, 0.4) is 0 Å². The molecule has 0 atom stereocenters. The first kappa shape index (κ1) is 15.6. The minimum absolute atomic E-state index is 0.00472. The number of benzene rings is 1. The van der Waals surface area contributed by atoms with Crippen LogP contribution < -0.4 is 5.32 Å². The van der Waals surface area contributed by atoms with Crippen LogP contribution in [0.25, 0.3) is 0 Å². The largest absolute Gasteiger partial charge is 0.465 e. The number of carbonyl (C=O) groups is 3. The van der Waals surface area contributed by atoms with Crippen LogP contribution in [0.4, 0.5) is 10.1 Å². The van der Waals surface area contributed by atoms with Gasteiger partial charge in [0.15, 0.2) is 0 Å². The van der Waals surface area contributed by atoms with E-state index >= 15 is 0 Å². The number of aliphatic hydroxyl groups is 1. The lowest BCUT2D eigenvalue weighted by Gasteiger charge is -2.14. The highest BCUT2D eigenvalue weighted by Gasteiger charge is 2.31. The van der Waals surface area contributed by atoms with Crippen molar-refractivity contribution in [1.82, 2.24) is 4.90 Å². The van der Waals surface area contributed by atoms with Crippen molar-refractivity contribution in [3.63, 3.8) is 0 Å². The van der Waals surface area contributed by atoms with Crippen LogP contribution in [-0.2, 0) is 14.3 Å². The molecule has 8 heteroatoms. The van der Waals surface area contributed by atoms with Crippen LogP contribution >= 0.6 is 0 Å². The molecule has 0 spiro atoms. The van der Waals surface area contributed by atoms with Crippen molar-refractivity contribution in [3.05, 3.63) is 41.4 Å². The van der Waals surface area contributed by atoms with Gasteiger partial charge < -0.3 is 15.2 Å². The summed E-state index contributed by atoms with van der Waals surface area (Å²) in [7, 11) is 1.17. The molecule has 0 saturated carbocycles. The Kier molecular flexibility index (Phi) is 4.52. The van der Waals surface area contributed by atoms with Crippen molar-refractivity contribution in [2.75, 3.05) is 25.6 Å². The van der Waals surface area contributed by atoms with E-state index in [1.165, 1.54) is 13.2 Å². The van der Waals surface area contributed by atoms with Gasteiger partial charge in [-0.3, -0.25) is 14.5 Å². The highest BCUT2D eigenvalue weighted by Crippen LogP contribution is 2.22. The van der Waals surface area contributed by atoms with E-state index in [0.29, 0.717) is 0 Å². The molecule has 0 unspecified atom stereocenters. The van der Waals surface area contributed by atoms with Crippen LogP contribution in [0, 0.1) is 5.82 Å². The van der Waals surface area contributed by atoms with Gasteiger partial charge in [0.05, 0.1) is 31.5 Å². The van der Waals surface area contributed by atoms with Gasteiger partial charge in [0, 0.05) is 6.08 Å². The first-order chi connectivity index (χ1) is 10.5. The quantitative estimate of drug-likeness (QED) is 0.599. The summed E-state index contributed by atoms with van der Waals surface area (Å²) in [6, 6.07) is 3.29. The molecule has 1 aliphatic heterocycles. The number of nitrogens with one attached hydrogen (secondary N) is 1. The molecule has 0 aromatic heterocycles. The fraction of sp³-hybridized carbons (Fsp3) is 0.214. The zero-order valence-corrected chi connectivity index (χ0v) is 11.6. The van der Waals surface area contributed by atoms with E-state index in [-0.39, 0.29) is 30.1 Å². The van der Waals surface area contributed by atoms with Crippen molar-refractivity contribution in [2.45, 2.75) is 0 Å². The second-order valence-electron chi connectivity index (χ2n) is 4.38. The average Bonchev–Trinajstić information content (AvgIpc) is 2.75. The van der Waals surface area contributed by atoms with Crippen LogP contribution in [0.15, 0.2) is 30.0 Å². The van der Waals surface area contributed by atoms with E-state index in [0.717, 1.165) is 23.1 Å². The van der Waals surface area contributed by atoms with E-state index in [9.17, 15) is 18.8 Å². The van der Waals surface area contributed by atoms with Crippen molar-refractivity contribution in [1.29, 1.82) is 0 Å². The molecule has 0 aliphatic carbocycles. The zero-order valence-electron chi connectivity index (χ0n) is 11.6. The van der Waals surface area contributed by atoms with Gasteiger partial charge in [0.1, 0.15) is 11.5 Å². The standard InChI is InChI=1S/C14H13FN2O5/c1-22-14(21)9-3-2-8(15)6-10(9)16-11-7-12(19)17(4-5-18)13(11)20/h2-3,6-7,16,18H,4-5H2,1H3. The molecule has 2 amide bonds. The second-order valence-corrected chi connectivity index (χ2v) is 4.38. The van der Waals surface area contributed by atoms with Crippen LogP contribution in [-0.4, -0.2) is 48.1 Å². The van der Waals surface area contributed by atoms with E-state index in [2.05, 4.69) is 10.1 Å².